The molecular formula is C18H18O4. The Morgan fingerprint density at radius 1 is 0.864 bits per heavy atom. The zero-order valence-corrected chi connectivity index (χ0v) is 12.6. The zero-order chi connectivity index (χ0) is 16.0. The molecular weight excluding hydrogens is 280 g/mol. The van der Waals surface area contributed by atoms with E-state index in [4.69, 9.17) is 0 Å². The lowest BCUT2D eigenvalue weighted by Crippen LogP contribution is -2.24. The molecule has 0 aliphatic heterocycles. The molecule has 0 saturated carbocycles. The Morgan fingerprint density at radius 2 is 1.41 bits per heavy atom. The normalized spacial score (nSPS) is 10.8. The highest BCUT2D eigenvalue weighted by Gasteiger charge is 2.26. The van der Waals surface area contributed by atoms with Crippen LogP contribution in [0.4, 0.5) is 0 Å². The van der Waals surface area contributed by atoms with Crippen LogP contribution in [0.1, 0.15) is 36.2 Å². The van der Waals surface area contributed by atoms with Crippen LogP contribution in [0.25, 0.3) is 0 Å². The molecule has 0 spiro atoms. The van der Waals surface area contributed by atoms with Crippen molar-refractivity contribution in [1.29, 1.82) is 0 Å². The van der Waals surface area contributed by atoms with E-state index in [-0.39, 0.29) is 6.42 Å². The van der Waals surface area contributed by atoms with Gasteiger partial charge in [0.05, 0.1) is 12.0 Å². The average molecular weight is 298 g/mol. The van der Waals surface area contributed by atoms with Crippen LogP contribution >= 0.6 is 0 Å². The molecule has 0 radical (unpaired) electrons. The van der Waals surface area contributed by atoms with Gasteiger partial charge in [0.1, 0.15) is 0 Å². The average Bonchev–Trinajstić information content (AvgIpc) is 2.54. The topological polar surface area (TPSA) is 52.6 Å². The van der Waals surface area contributed by atoms with Gasteiger partial charge >= 0.3 is 11.9 Å². The summed E-state index contributed by atoms with van der Waals surface area (Å²) in [7, 11) is 0. The molecule has 2 aromatic carbocycles. The summed E-state index contributed by atoms with van der Waals surface area (Å²) in [6.07, 6.45) is 0.110. The number of hydrogen-bond donors (Lipinski definition) is 0. The summed E-state index contributed by atoms with van der Waals surface area (Å²) in [4.78, 5) is 32.8. The van der Waals surface area contributed by atoms with Crippen molar-refractivity contribution < 1.29 is 19.4 Å². The lowest BCUT2D eigenvalue weighted by Gasteiger charge is -2.23. The molecule has 0 unspecified atom stereocenters. The first kappa shape index (κ1) is 15.8. The molecule has 0 aliphatic carbocycles. The second-order valence-corrected chi connectivity index (χ2v) is 5.62. The van der Waals surface area contributed by atoms with Crippen LogP contribution in [0.15, 0.2) is 60.7 Å². The van der Waals surface area contributed by atoms with Crippen molar-refractivity contribution in [2.75, 3.05) is 0 Å². The molecule has 4 heteroatoms. The summed E-state index contributed by atoms with van der Waals surface area (Å²) in [6, 6.07) is 18.0. The Balaban J connectivity index is 1.89. The third-order valence-electron chi connectivity index (χ3n) is 3.36. The second kappa shape index (κ2) is 6.89. The van der Waals surface area contributed by atoms with E-state index in [1.807, 2.05) is 44.2 Å². The first-order chi connectivity index (χ1) is 10.5. The van der Waals surface area contributed by atoms with Gasteiger partial charge < -0.3 is 0 Å². The van der Waals surface area contributed by atoms with Gasteiger partial charge in [-0.25, -0.2) is 19.4 Å². The third kappa shape index (κ3) is 4.19. The van der Waals surface area contributed by atoms with Gasteiger partial charge in [-0.05, 0) is 17.7 Å². The Morgan fingerprint density at radius 3 is 2.00 bits per heavy atom. The molecule has 0 fully saturated rings. The SMILES string of the molecule is CC(C)(CC(=O)OOC(=O)c1ccccc1)c1ccccc1. The summed E-state index contributed by atoms with van der Waals surface area (Å²) >= 11 is 0. The monoisotopic (exact) mass is 298 g/mol. The molecule has 0 N–H and O–H groups in total. The number of benzene rings is 2. The fourth-order valence-electron chi connectivity index (χ4n) is 2.09. The van der Waals surface area contributed by atoms with Crippen LogP contribution in [0.3, 0.4) is 0 Å². The van der Waals surface area contributed by atoms with Gasteiger partial charge in [0.2, 0.25) is 0 Å². The number of carbonyl (C=O) groups excluding carboxylic acids is 2. The molecule has 0 atom stereocenters. The van der Waals surface area contributed by atoms with E-state index in [2.05, 4.69) is 9.78 Å². The first-order valence-electron chi connectivity index (χ1n) is 7.01. The predicted octanol–water partition coefficient (Wildman–Crippen LogP) is 3.67. The summed E-state index contributed by atoms with van der Waals surface area (Å²) in [5.74, 6) is -1.27. The highest BCUT2D eigenvalue weighted by molar-refractivity contribution is 5.89. The van der Waals surface area contributed by atoms with Gasteiger partial charge in [-0.3, -0.25) is 0 Å². The van der Waals surface area contributed by atoms with E-state index in [1.165, 1.54) is 0 Å². The van der Waals surface area contributed by atoms with E-state index in [0.29, 0.717) is 5.56 Å². The van der Waals surface area contributed by atoms with Crippen molar-refractivity contribution in [3.8, 4) is 0 Å². The number of hydrogen-bond acceptors (Lipinski definition) is 4. The molecule has 0 heterocycles. The molecule has 0 saturated heterocycles. The maximum Gasteiger partial charge on any atom is 0.386 e. The minimum atomic E-state index is -0.688. The second-order valence-electron chi connectivity index (χ2n) is 5.62. The number of carbonyl (C=O) groups is 2. The van der Waals surface area contributed by atoms with E-state index in [9.17, 15) is 9.59 Å². The van der Waals surface area contributed by atoms with E-state index >= 15 is 0 Å². The quantitative estimate of drug-likeness (QED) is 0.638. The first-order valence-corrected chi connectivity index (χ1v) is 7.01. The molecule has 0 aromatic heterocycles. The third-order valence-corrected chi connectivity index (χ3v) is 3.36. The van der Waals surface area contributed by atoms with Crippen LogP contribution < -0.4 is 0 Å². The van der Waals surface area contributed by atoms with Crippen LogP contribution in [0, 0.1) is 0 Å². The Bertz CT molecular complexity index is 633. The molecule has 0 aliphatic rings. The molecule has 114 valence electrons. The Labute approximate surface area is 129 Å². The molecule has 0 bridgehead atoms. The van der Waals surface area contributed by atoms with Crippen LogP contribution in [-0.4, -0.2) is 11.9 Å². The van der Waals surface area contributed by atoms with Crippen molar-refractivity contribution in [1.82, 2.24) is 0 Å². The van der Waals surface area contributed by atoms with Crippen molar-refractivity contribution in [2.24, 2.45) is 0 Å². The van der Waals surface area contributed by atoms with Gasteiger partial charge in [-0.2, -0.15) is 0 Å². The summed E-state index contributed by atoms with van der Waals surface area (Å²) in [5.41, 5.74) is 0.941. The lowest BCUT2D eigenvalue weighted by molar-refractivity contribution is -0.235. The fraction of sp³-hybridized carbons (Fsp3) is 0.222. The highest BCUT2D eigenvalue weighted by atomic mass is 17.2. The van der Waals surface area contributed by atoms with Crippen LogP contribution in [0.2, 0.25) is 0 Å². The van der Waals surface area contributed by atoms with Crippen molar-refractivity contribution in [3.05, 3.63) is 71.8 Å². The van der Waals surface area contributed by atoms with Crippen LogP contribution in [-0.2, 0) is 20.0 Å². The summed E-state index contributed by atoms with van der Waals surface area (Å²) in [6.45, 7) is 3.87. The highest BCUT2D eigenvalue weighted by Crippen LogP contribution is 2.27. The van der Waals surface area contributed by atoms with Crippen molar-refractivity contribution >= 4 is 11.9 Å². The molecule has 2 aromatic rings. The fourth-order valence-corrected chi connectivity index (χ4v) is 2.09. The van der Waals surface area contributed by atoms with Gasteiger partial charge in [0.15, 0.2) is 0 Å². The Hall–Kier alpha value is -2.62. The summed E-state index contributed by atoms with van der Waals surface area (Å²) in [5, 5.41) is 0. The zero-order valence-electron chi connectivity index (χ0n) is 12.6. The Kier molecular flexibility index (Phi) is 4.94. The smallest absolute Gasteiger partial charge is 0.247 e. The molecule has 0 amide bonds. The van der Waals surface area contributed by atoms with Gasteiger partial charge in [-0.15, -0.1) is 0 Å². The van der Waals surface area contributed by atoms with E-state index < -0.39 is 17.4 Å². The van der Waals surface area contributed by atoms with Crippen molar-refractivity contribution in [3.63, 3.8) is 0 Å². The molecule has 2 rings (SSSR count). The van der Waals surface area contributed by atoms with Gasteiger partial charge in [0, 0.05) is 5.41 Å². The molecule has 22 heavy (non-hydrogen) atoms. The maximum absolute atomic E-state index is 11.9. The minimum Gasteiger partial charge on any atom is -0.247 e. The number of rotatable bonds is 4. The standard InChI is InChI=1S/C18H18O4/c1-18(2,15-11-7-4-8-12-15)13-16(19)21-22-17(20)14-9-5-3-6-10-14/h3-12H,13H2,1-2H3. The maximum atomic E-state index is 11.9. The van der Waals surface area contributed by atoms with Crippen LogP contribution in [0.5, 0.6) is 0 Å². The van der Waals surface area contributed by atoms with E-state index in [1.54, 1.807) is 30.3 Å². The minimum absolute atomic E-state index is 0.110. The molecule has 4 nitrogen and oxygen atoms in total. The summed E-state index contributed by atoms with van der Waals surface area (Å²) < 4.78 is 0. The van der Waals surface area contributed by atoms with Gasteiger partial charge in [0.25, 0.3) is 0 Å². The predicted molar refractivity (Wildman–Crippen MR) is 82.0 cm³/mol. The lowest BCUT2D eigenvalue weighted by atomic mass is 9.82. The van der Waals surface area contributed by atoms with E-state index in [0.717, 1.165) is 5.56 Å². The largest absolute Gasteiger partial charge is 0.386 e. The van der Waals surface area contributed by atoms with Crippen molar-refractivity contribution in [2.45, 2.75) is 25.7 Å². The van der Waals surface area contributed by atoms with Gasteiger partial charge in [-0.1, -0.05) is 62.4 Å².